The fourth-order valence-electron chi connectivity index (χ4n) is 3.93. The van der Waals surface area contributed by atoms with Gasteiger partial charge in [0.05, 0.1) is 30.2 Å². The summed E-state index contributed by atoms with van der Waals surface area (Å²) in [5.41, 5.74) is -2.52. The number of carbonyl (C=O) groups is 1. The zero-order chi connectivity index (χ0) is 33.2. The molecule has 0 aromatic carbocycles. The summed E-state index contributed by atoms with van der Waals surface area (Å²) in [5, 5.41) is 19.7. The molecule has 0 atom stereocenters. The maximum Gasteiger partial charge on any atom is 0.421 e. The zero-order valence-electron chi connectivity index (χ0n) is 25.2. The van der Waals surface area contributed by atoms with Gasteiger partial charge < -0.3 is 20.7 Å². The van der Waals surface area contributed by atoms with Crippen LogP contribution in [0.1, 0.15) is 20.2 Å². The molecule has 5 aromatic rings. The van der Waals surface area contributed by atoms with Gasteiger partial charge in [0.15, 0.2) is 28.9 Å². The third-order valence-corrected chi connectivity index (χ3v) is 5.86. The van der Waals surface area contributed by atoms with Gasteiger partial charge in [0, 0.05) is 36.6 Å². The van der Waals surface area contributed by atoms with E-state index in [0.717, 1.165) is 10.6 Å². The van der Waals surface area contributed by atoms with Crippen LogP contribution < -0.4 is 26.2 Å². The smallest absolute Gasteiger partial charge is 0.421 e. The molecule has 220 valence electrons. The minimum atomic E-state index is -4.83. The molecule has 0 saturated carbocycles. The van der Waals surface area contributed by atoms with Gasteiger partial charge in [-0.3, -0.25) is 18.8 Å². The van der Waals surface area contributed by atoms with E-state index in [1.807, 2.05) is 5.32 Å². The van der Waals surface area contributed by atoms with E-state index in [1.54, 1.807) is 13.1 Å². The maximum absolute atomic E-state index is 13.2. The molecule has 0 radical (unpaired) electrons. The molecule has 0 aliphatic rings. The van der Waals surface area contributed by atoms with Crippen LogP contribution in [0, 0.1) is 0 Å². The van der Waals surface area contributed by atoms with Crippen molar-refractivity contribution in [2.75, 3.05) is 24.7 Å². The monoisotopic (exact) mass is 596 g/mol. The van der Waals surface area contributed by atoms with Gasteiger partial charge in [0.2, 0.25) is 0 Å². The lowest BCUT2D eigenvalue weighted by molar-refractivity contribution is -0.138. The second-order valence-corrected chi connectivity index (χ2v) is 8.67. The Bertz CT molecular complexity index is 1960. The van der Waals surface area contributed by atoms with Crippen LogP contribution in [0.15, 0.2) is 66.1 Å². The summed E-state index contributed by atoms with van der Waals surface area (Å²) in [5.74, 6) is -0.291. The molecule has 5 heterocycles. The molecule has 43 heavy (non-hydrogen) atoms. The van der Waals surface area contributed by atoms with Crippen molar-refractivity contribution in [2.24, 2.45) is 7.05 Å². The highest BCUT2D eigenvalue weighted by molar-refractivity contribution is 5.98. The highest BCUT2D eigenvalue weighted by atomic mass is 19.4. The van der Waals surface area contributed by atoms with Gasteiger partial charge in [-0.25, -0.2) is 15.0 Å². The van der Waals surface area contributed by atoms with Crippen molar-refractivity contribution in [3.63, 3.8) is 0 Å². The molecule has 0 fully saturated rings. The first-order valence-electron chi connectivity index (χ1n) is 13.6. The molecule has 0 bridgehead atoms. The van der Waals surface area contributed by atoms with Crippen molar-refractivity contribution in [3.05, 3.63) is 82.9 Å². The standard InChI is InChI=1S/C26H22F3N11O3/c1-30-24(41)20-17(34-23-21(43-3)15(8-9-31-23)22-33-13-39(2)38-22)11-19(36-37-20)35-18-7-6-14(12-32-18)40-10-4-5-16(25(40)42)26(27,28)29/h4-13H,1-3H3,(H,30,41)(H2,31,32,34,35,36)/i1D3. The summed E-state index contributed by atoms with van der Waals surface area (Å²) in [4.78, 5) is 37.9. The molecule has 5 aromatic heterocycles. The van der Waals surface area contributed by atoms with Gasteiger partial charge in [-0.1, -0.05) is 0 Å². The van der Waals surface area contributed by atoms with E-state index >= 15 is 0 Å². The first kappa shape index (κ1) is 24.9. The van der Waals surface area contributed by atoms with Gasteiger partial charge in [0.25, 0.3) is 11.5 Å². The van der Waals surface area contributed by atoms with Gasteiger partial charge in [-0.05, 0) is 30.3 Å². The van der Waals surface area contributed by atoms with E-state index in [0.29, 0.717) is 17.5 Å². The van der Waals surface area contributed by atoms with E-state index in [1.165, 1.54) is 54.9 Å². The average Bonchev–Trinajstić information content (AvgIpc) is 3.42. The largest absolute Gasteiger partial charge is 0.492 e. The van der Waals surface area contributed by atoms with Crippen LogP contribution >= 0.6 is 0 Å². The molecule has 0 aliphatic heterocycles. The summed E-state index contributed by atoms with van der Waals surface area (Å²) in [6.07, 6.45) is 0.439. The van der Waals surface area contributed by atoms with Crippen LogP contribution in [-0.2, 0) is 13.2 Å². The summed E-state index contributed by atoms with van der Waals surface area (Å²) >= 11 is 0. The van der Waals surface area contributed by atoms with Crippen molar-refractivity contribution < 1.29 is 26.8 Å². The van der Waals surface area contributed by atoms with Crippen LogP contribution in [-0.4, -0.2) is 59.5 Å². The number of carbonyl (C=O) groups excluding carboxylic acids is 1. The number of anilines is 4. The third kappa shape index (κ3) is 5.95. The quantitative estimate of drug-likeness (QED) is 0.241. The van der Waals surface area contributed by atoms with Gasteiger partial charge >= 0.3 is 6.18 Å². The Labute approximate surface area is 244 Å². The highest BCUT2D eigenvalue weighted by Crippen LogP contribution is 2.35. The van der Waals surface area contributed by atoms with E-state index in [9.17, 15) is 22.8 Å². The number of hydrogen-bond donors (Lipinski definition) is 3. The molecule has 17 heteroatoms. The van der Waals surface area contributed by atoms with Gasteiger partial charge in [-0.2, -0.15) is 18.3 Å². The lowest BCUT2D eigenvalue weighted by Crippen LogP contribution is -2.27. The molecule has 5 rings (SSSR count). The van der Waals surface area contributed by atoms with E-state index in [-0.39, 0.29) is 34.6 Å². The fraction of sp³-hybridized carbons (Fsp3) is 0.154. The summed E-state index contributed by atoms with van der Waals surface area (Å²) < 4.78 is 69.6. The van der Waals surface area contributed by atoms with Crippen molar-refractivity contribution in [1.29, 1.82) is 0 Å². The summed E-state index contributed by atoms with van der Waals surface area (Å²) in [6.45, 7) is -2.83. The molecular weight excluding hydrogens is 571 g/mol. The van der Waals surface area contributed by atoms with Crippen LogP contribution in [0.2, 0.25) is 0 Å². The van der Waals surface area contributed by atoms with Crippen LogP contribution in [0.3, 0.4) is 0 Å². The highest BCUT2D eigenvalue weighted by Gasteiger charge is 2.34. The van der Waals surface area contributed by atoms with Crippen molar-refractivity contribution >= 4 is 29.0 Å². The molecular formula is C26H22F3N11O3. The van der Waals surface area contributed by atoms with Crippen LogP contribution in [0.5, 0.6) is 5.75 Å². The minimum Gasteiger partial charge on any atom is -0.492 e. The maximum atomic E-state index is 13.2. The third-order valence-electron chi connectivity index (χ3n) is 5.86. The number of methoxy groups -OCH3 is 1. The Balaban J connectivity index is 1.48. The lowest BCUT2D eigenvalue weighted by Gasteiger charge is -2.15. The fourth-order valence-corrected chi connectivity index (χ4v) is 3.93. The summed E-state index contributed by atoms with van der Waals surface area (Å²) in [6, 6.07) is 7.44. The number of hydrogen-bond acceptors (Lipinski definition) is 11. The Kier molecular flexibility index (Phi) is 6.69. The Morgan fingerprint density at radius 1 is 1.07 bits per heavy atom. The molecule has 14 nitrogen and oxygen atoms in total. The van der Waals surface area contributed by atoms with Crippen molar-refractivity contribution in [2.45, 2.75) is 6.18 Å². The van der Waals surface area contributed by atoms with E-state index in [4.69, 9.17) is 8.85 Å². The molecule has 0 saturated heterocycles. The summed E-state index contributed by atoms with van der Waals surface area (Å²) in [7, 11) is 3.07. The first-order chi connectivity index (χ1) is 21.7. The van der Waals surface area contributed by atoms with Gasteiger partial charge in [-0.15, -0.1) is 10.2 Å². The first-order valence-corrected chi connectivity index (χ1v) is 12.1. The normalized spacial score (nSPS) is 12.5. The number of ether oxygens (including phenoxy) is 1. The van der Waals surface area contributed by atoms with Gasteiger partial charge in [0.1, 0.15) is 17.7 Å². The van der Waals surface area contributed by atoms with E-state index < -0.39 is 35.9 Å². The number of alkyl halides is 3. The number of nitrogens with one attached hydrogen (secondary N) is 3. The predicted molar refractivity (Wildman–Crippen MR) is 148 cm³/mol. The zero-order valence-corrected chi connectivity index (χ0v) is 22.2. The minimum absolute atomic E-state index is 0.0194. The molecule has 0 spiro atoms. The second kappa shape index (κ2) is 11.6. The number of rotatable bonds is 8. The van der Waals surface area contributed by atoms with E-state index in [2.05, 4.69) is 40.9 Å². The topological polar surface area (TPSA) is 167 Å². The number of aryl methyl sites for hydroxylation is 1. The predicted octanol–water partition coefficient (Wildman–Crippen LogP) is 3.09. The van der Waals surface area contributed by atoms with Crippen LogP contribution in [0.4, 0.5) is 36.3 Å². The Morgan fingerprint density at radius 2 is 1.91 bits per heavy atom. The number of nitrogens with zero attached hydrogens (tertiary/aromatic N) is 8. The molecule has 1 amide bonds. The number of halogens is 3. The molecule has 0 aliphatic carbocycles. The van der Waals surface area contributed by atoms with Crippen molar-refractivity contribution in [3.8, 4) is 22.8 Å². The Hall–Kier alpha value is -5.87. The average molecular weight is 597 g/mol. The number of aromatic nitrogens is 8. The Morgan fingerprint density at radius 3 is 2.58 bits per heavy atom. The SMILES string of the molecule is [2H]C([2H])([2H])NC(=O)c1nnc(Nc2ccc(-n3cccc(C(F)(F)F)c3=O)cn2)cc1Nc1nccc(-c2ncn(C)n2)c1OC. The van der Waals surface area contributed by atoms with Crippen molar-refractivity contribution in [1.82, 2.24) is 44.8 Å². The molecule has 0 unspecified atom stereocenters. The van der Waals surface area contributed by atoms with Crippen LogP contribution in [0.25, 0.3) is 17.1 Å². The second-order valence-electron chi connectivity index (χ2n) is 8.67. The number of amides is 1. The molecule has 3 N–H and O–H groups in total. The lowest BCUT2D eigenvalue weighted by atomic mass is 10.2. The number of pyridine rings is 3.